The van der Waals surface area contributed by atoms with Crippen LogP contribution in [0.5, 0.6) is 0 Å². The van der Waals surface area contributed by atoms with E-state index in [0.717, 1.165) is 0 Å². The Morgan fingerprint density at radius 2 is 2.25 bits per heavy atom. The molecule has 0 unspecified atom stereocenters. The summed E-state index contributed by atoms with van der Waals surface area (Å²) >= 11 is 0. The molecule has 0 atom stereocenters. The second-order valence-corrected chi connectivity index (χ2v) is 1.86. The molecular formula is C7H8N2O3. The molecule has 0 aliphatic rings. The third-order valence-corrected chi connectivity index (χ3v) is 0.882. The molecule has 5 heteroatoms. The molecule has 0 spiro atoms. The highest BCUT2D eigenvalue weighted by atomic mass is 16.5. The fourth-order valence-corrected chi connectivity index (χ4v) is 0.455. The molecule has 0 amide bonds. The standard InChI is InChI=1S/C7H8N2O3/c1-2-3-12-7(11)4-6(10)5-9-8/h2,5H,1,3-4H2. The Balaban J connectivity index is 3.76. The molecule has 0 aromatic carbocycles. The zero-order chi connectivity index (χ0) is 9.40. The van der Waals surface area contributed by atoms with Crippen molar-refractivity contribution < 1.29 is 19.1 Å². The van der Waals surface area contributed by atoms with E-state index in [1.165, 1.54) is 6.08 Å². The molecule has 64 valence electrons. The van der Waals surface area contributed by atoms with Gasteiger partial charge in [0.05, 0.1) is 0 Å². The number of carbonyl (C=O) groups is 2. The van der Waals surface area contributed by atoms with Crippen LogP contribution in [0.25, 0.3) is 5.53 Å². The van der Waals surface area contributed by atoms with Crippen LogP contribution in [0, 0.1) is 0 Å². The summed E-state index contributed by atoms with van der Waals surface area (Å²) in [4.78, 5) is 23.7. The van der Waals surface area contributed by atoms with Gasteiger partial charge < -0.3 is 10.3 Å². The molecule has 0 bridgehead atoms. The number of hydrogen-bond donors (Lipinski definition) is 0. The first-order valence-electron chi connectivity index (χ1n) is 3.17. The Hall–Kier alpha value is -1.74. The van der Waals surface area contributed by atoms with E-state index in [1.54, 1.807) is 0 Å². The summed E-state index contributed by atoms with van der Waals surface area (Å²) in [5.74, 6) is -1.27. The summed E-state index contributed by atoms with van der Waals surface area (Å²) in [5.41, 5.74) is 7.91. The summed E-state index contributed by atoms with van der Waals surface area (Å²) in [7, 11) is 0. The number of ketones is 1. The summed E-state index contributed by atoms with van der Waals surface area (Å²) in [6.07, 6.45) is 1.62. The first-order chi connectivity index (χ1) is 5.70. The minimum atomic E-state index is -0.667. The maximum atomic E-state index is 10.7. The van der Waals surface area contributed by atoms with Crippen molar-refractivity contribution >= 4 is 18.0 Å². The van der Waals surface area contributed by atoms with Crippen LogP contribution in [-0.2, 0) is 14.3 Å². The Bertz CT molecular complexity index is 241. The number of hydrogen-bond acceptors (Lipinski definition) is 3. The Morgan fingerprint density at radius 1 is 1.58 bits per heavy atom. The average Bonchev–Trinajstić information content (AvgIpc) is 2.01. The van der Waals surface area contributed by atoms with Gasteiger partial charge in [0.15, 0.2) is 0 Å². The van der Waals surface area contributed by atoms with Gasteiger partial charge in [0, 0.05) is 0 Å². The van der Waals surface area contributed by atoms with Crippen molar-refractivity contribution in [2.75, 3.05) is 6.61 Å². The van der Waals surface area contributed by atoms with Gasteiger partial charge in [-0.3, -0.25) is 9.59 Å². The highest BCUT2D eigenvalue weighted by molar-refractivity contribution is 6.29. The third kappa shape index (κ3) is 5.08. The van der Waals surface area contributed by atoms with Crippen molar-refractivity contribution in [2.45, 2.75) is 6.42 Å². The van der Waals surface area contributed by atoms with Crippen molar-refractivity contribution in [1.82, 2.24) is 0 Å². The quantitative estimate of drug-likeness (QED) is 0.144. The van der Waals surface area contributed by atoms with Crippen molar-refractivity contribution in [3.63, 3.8) is 0 Å². The van der Waals surface area contributed by atoms with Crippen molar-refractivity contribution in [3.8, 4) is 0 Å². The van der Waals surface area contributed by atoms with Gasteiger partial charge in [-0.2, -0.15) is 4.79 Å². The zero-order valence-electron chi connectivity index (χ0n) is 6.40. The largest absolute Gasteiger partial charge is 0.461 e. The van der Waals surface area contributed by atoms with E-state index in [0.29, 0.717) is 6.21 Å². The van der Waals surface area contributed by atoms with Crippen LogP contribution in [0.1, 0.15) is 6.42 Å². The predicted molar refractivity (Wildman–Crippen MR) is 40.5 cm³/mol. The first kappa shape index (κ1) is 10.3. The zero-order valence-corrected chi connectivity index (χ0v) is 6.40. The molecule has 12 heavy (non-hydrogen) atoms. The fraction of sp³-hybridized carbons (Fsp3) is 0.286. The lowest BCUT2D eigenvalue weighted by Gasteiger charge is -1.96. The Morgan fingerprint density at radius 3 is 2.75 bits per heavy atom. The molecule has 0 saturated carbocycles. The van der Waals surface area contributed by atoms with Crippen LogP contribution < -0.4 is 0 Å². The number of ether oxygens (including phenoxy) is 1. The van der Waals surface area contributed by atoms with Gasteiger partial charge in [0.1, 0.15) is 13.0 Å². The molecule has 0 aliphatic heterocycles. The van der Waals surface area contributed by atoms with Gasteiger partial charge in [0.25, 0.3) is 0 Å². The molecule has 0 saturated heterocycles. The molecule has 0 N–H and O–H groups in total. The predicted octanol–water partition coefficient (Wildman–Crippen LogP) is -0.0246. The molecule has 0 fully saturated rings. The molecule has 0 heterocycles. The van der Waals surface area contributed by atoms with Crippen LogP contribution >= 0.6 is 0 Å². The molecule has 0 aromatic rings. The van der Waals surface area contributed by atoms with Gasteiger partial charge in [0.2, 0.25) is 5.78 Å². The summed E-state index contributed by atoms with van der Waals surface area (Å²) in [6.45, 7) is 3.39. The van der Waals surface area contributed by atoms with Crippen LogP contribution in [0.4, 0.5) is 0 Å². The van der Waals surface area contributed by atoms with E-state index in [-0.39, 0.29) is 6.61 Å². The minimum Gasteiger partial charge on any atom is -0.461 e. The Labute approximate surface area is 69.3 Å². The maximum Gasteiger partial charge on any atom is 0.323 e. The summed E-state index contributed by atoms with van der Waals surface area (Å²) in [5, 5.41) is 0. The minimum absolute atomic E-state index is 0.0718. The fourth-order valence-electron chi connectivity index (χ4n) is 0.455. The van der Waals surface area contributed by atoms with Crippen LogP contribution in [0.3, 0.4) is 0 Å². The second-order valence-electron chi connectivity index (χ2n) is 1.86. The average molecular weight is 168 g/mol. The smallest absolute Gasteiger partial charge is 0.323 e. The van der Waals surface area contributed by atoms with Crippen LogP contribution in [-0.4, -0.2) is 29.4 Å². The molecule has 0 aromatic heterocycles. The van der Waals surface area contributed by atoms with Gasteiger partial charge in [-0.1, -0.05) is 12.7 Å². The van der Waals surface area contributed by atoms with Crippen molar-refractivity contribution in [1.29, 1.82) is 0 Å². The lowest BCUT2D eigenvalue weighted by molar-refractivity contribution is -0.144. The van der Waals surface area contributed by atoms with E-state index < -0.39 is 18.2 Å². The molecule has 0 radical (unpaired) electrons. The van der Waals surface area contributed by atoms with Crippen LogP contribution in [0.2, 0.25) is 0 Å². The van der Waals surface area contributed by atoms with Gasteiger partial charge in [-0.25, -0.2) is 0 Å². The van der Waals surface area contributed by atoms with Gasteiger partial charge >= 0.3 is 12.2 Å². The number of carbonyl (C=O) groups excluding carboxylic acids is 2. The number of esters is 1. The van der Waals surface area contributed by atoms with E-state index in [9.17, 15) is 9.59 Å². The molecular weight excluding hydrogens is 160 g/mol. The second kappa shape index (κ2) is 6.00. The van der Waals surface area contributed by atoms with E-state index in [2.05, 4.69) is 16.1 Å². The highest BCUT2D eigenvalue weighted by Crippen LogP contribution is 1.86. The Kier molecular flexibility index (Phi) is 5.13. The molecule has 5 nitrogen and oxygen atoms in total. The normalized spacial score (nSPS) is 8.00. The monoisotopic (exact) mass is 168 g/mol. The lowest BCUT2D eigenvalue weighted by atomic mass is 10.3. The summed E-state index contributed by atoms with van der Waals surface area (Å²) < 4.78 is 4.49. The third-order valence-electron chi connectivity index (χ3n) is 0.882. The molecule has 0 aliphatic carbocycles. The number of Topliss-reactive ketones (excluding diaryl/α,β-unsaturated/α-hetero) is 1. The SMILES string of the molecule is C=CCOC(=O)CC(=O)C=[N+]=[N-]. The van der Waals surface area contributed by atoms with Crippen molar-refractivity contribution in [3.05, 3.63) is 18.2 Å². The summed E-state index contributed by atoms with van der Waals surface area (Å²) in [6, 6.07) is 0. The van der Waals surface area contributed by atoms with Crippen molar-refractivity contribution in [2.24, 2.45) is 0 Å². The van der Waals surface area contributed by atoms with E-state index in [4.69, 9.17) is 5.53 Å². The van der Waals surface area contributed by atoms with Crippen LogP contribution in [0.15, 0.2) is 12.7 Å². The van der Waals surface area contributed by atoms with E-state index in [1.807, 2.05) is 0 Å². The number of rotatable bonds is 5. The highest BCUT2D eigenvalue weighted by Gasteiger charge is 2.10. The van der Waals surface area contributed by atoms with Gasteiger partial charge in [-0.05, 0) is 0 Å². The first-order valence-corrected chi connectivity index (χ1v) is 3.17. The van der Waals surface area contributed by atoms with Gasteiger partial charge in [-0.15, -0.1) is 0 Å². The number of nitrogens with zero attached hydrogens (tertiary/aromatic N) is 2. The lowest BCUT2D eigenvalue weighted by Crippen LogP contribution is -2.12. The topological polar surface area (TPSA) is 79.8 Å². The molecule has 0 rings (SSSR count). The maximum absolute atomic E-state index is 10.7. The van der Waals surface area contributed by atoms with E-state index >= 15 is 0 Å².